The molecule has 11 heteroatoms. The Morgan fingerprint density at radius 3 is 1.97 bits per heavy atom. The van der Waals surface area contributed by atoms with Crippen LogP contribution in [-0.4, -0.2) is 86.1 Å². The first-order valence-corrected chi connectivity index (χ1v) is 9.32. The van der Waals surface area contributed by atoms with Crippen LogP contribution in [0, 0.1) is 0 Å². The normalized spacial score (nSPS) is 13.9. The van der Waals surface area contributed by atoms with Crippen LogP contribution in [0.4, 0.5) is 0 Å². The monoisotopic (exact) mass is 438 g/mol. The van der Waals surface area contributed by atoms with Gasteiger partial charge >= 0.3 is 23.9 Å². The number of benzene rings is 1. The quantitative estimate of drug-likeness (QED) is 0.218. The molecule has 0 saturated carbocycles. The predicted molar refractivity (Wildman–Crippen MR) is 108 cm³/mol. The standard InChI is InChI=1S/C20H26N2O9/c1-2-12-3-5-13(6-4-12)16(11-23)22(15(20(30)31)10-18(26)27)8-7-21-14(19(28)29)9-17(24)25/h2-6,14-16,21,23H,1,7-11H2,(H,24,25)(H,26,27)(H,28,29)(H,30,31). The Balaban J connectivity index is 3.17. The highest BCUT2D eigenvalue weighted by atomic mass is 16.4. The second-order valence-electron chi connectivity index (χ2n) is 6.70. The fraction of sp³-hybridized carbons (Fsp3) is 0.400. The lowest BCUT2D eigenvalue weighted by atomic mass is 10.0. The van der Waals surface area contributed by atoms with Crippen LogP contribution in [0.1, 0.15) is 30.0 Å². The molecule has 1 aromatic carbocycles. The molecule has 3 unspecified atom stereocenters. The highest BCUT2D eigenvalue weighted by Crippen LogP contribution is 2.25. The third kappa shape index (κ3) is 8.16. The maximum atomic E-state index is 11.8. The summed E-state index contributed by atoms with van der Waals surface area (Å²) in [5, 5.41) is 49.2. The van der Waals surface area contributed by atoms with Crippen molar-refractivity contribution in [3.8, 4) is 0 Å². The van der Waals surface area contributed by atoms with Gasteiger partial charge in [0.2, 0.25) is 0 Å². The van der Waals surface area contributed by atoms with Crippen LogP contribution in [0.3, 0.4) is 0 Å². The van der Waals surface area contributed by atoms with Gasteiger partial charge in [-0.3, -0.25) is 24.1 Å². The molecule has 0 fully saturated rings. The van der Waals surface area contributed by atoms with E-state index in [4.69, 9.17) is 15.3 Å². The summed E-state index contributed by atoms with van der Waals surface area (Å²) >= 11 is 0. The average Bonchev–Trinajstić information content (AvgIpc) is 2.70. The van der Waals surface area contributed by atoms with Crippen LogP contribution in [0.25, 0.3) is 6.08 Å². The third-order valence-corrected chi connectivity index (χ3v) is 4.62. The molecule has 0 heterocycles. The highest BCUT2D eigenvalue weighted by molar-refractivity contribution is 5.81. The second-order valence-corrected chi connectivity index (χ2v) is 6.70. The molecule has 31 heavy (non-hydrogen) atoms. The molecular formula is C20H26N2O9. The SMILES string of the molecule is C=Cc1ccc(C(CO)N(CCNC(CC(=O)O)C(=O)O)C(CC(=O)O)C(=O)O)cc1. The molecule has 0 aromatic heterocycles. The molecule has 0 radical (unpaired) electrons. The first-order valence-electron chi connectivity index (χ1n) is 9.32. The van der Waals surface area contributed by atoms with Crippen LogP contribution in [-0.2, 0) is 19.2 Å². The molecule has 6 N–H and O–H groups in total. The van der Waals surface area contributed by atoms with Crippen molar-refractivity contribution in [2.24, 2.45) is 0 Å². The predicted octanol–water partition coefficient (Wildman–Crippen LogP) is 0.110. The van der Waals surface area contributed by atoms with Gasteiger partial charge in [-0.15, -0.1) is 0 Å². The highest BCUT2D eigenvalue weighted by Gasteiger charge is 2.34. The minimum atomic E-state index is -1.52. The fourth-order valence-corrected chi connectivity index (χ4v) is 3.09. The number of aliphatic hydroxyl groups is 1. The summed E-state index contributed by atoms with van der Waals surface area (Å²) in [7, 11) is 0. The summed E-state index contributed by atoms with van der Waals surface area (Å²) in [4.78, 5) is 46.3. The van der Waals surface area contributed by atoms with E-state index in [1.54, 1.807) is 30.3 Å². The molecule has 3 atom stereocenters. The van der Waals surface area contributed by atoms with Gasteiger partial charge in [0.25, 0.3) is 0 Å². The number of rotatable bonds is 15. The summed E-state index contributed by atoms with van der Waals surface area (Å²) in [6, 6.07) is 2.85. The Morgan fingerprint density at radius 2 is 1.55 bits per heavy atom. The van der Waals surface area contributed by atoms with Gasteiger partial charge in [0.1, 0.15) is 12.1 Å². The number of carbonyl (C=O) groups is 4. The topological polar surface area (TPSA) is 185 Å². The van der Waals surface area contributed by atoms with Crippen molar-refractivity contribution in [2.45, 2.75) is 31.0 Å². The Morgan fingerprint density at radius 1 is 0.968 bits per heavy atom. The van der Waals surface area contributed by atoms with Gasteiger partial charge in [0.05, 0.1) is 25.5 Å². The Bertz CT molecular complexity index is 794. The van der Waals surface area contributed by atoms with Gasteiger partial charge in [-0.05, 0) is 11.1 Å². The van der Waals surface area contributed by atoms with Crippen LogP contribution in [0.5, 0.6) is 0 Å². The summed E-state index contributed by atoms with van der Waals surface area (Å²) in [6.45, 7) is 2.78. The molecule has 1 aromatic rings. The molecule has 0 aliphatic heterocycles. The minimum Gasteiger partial charge on any atom is -0.481 e. The van der Waals surface area contributed by atoms with Crippen LogP contribution in [0.2, 0.25) is 0 Å². The van der Waals surface area contributed by atoms with E-state index < -0.39 is 61.5 Å². The van der Waals surface area contributed by atoms with E-state index >= 15 is 0 Å². The number of aliphatic carboxylic acids is 4. The van der Waals surface area contributed by atoms with Crippen molar-refractivity contribution >= 4 is 30.0 Å². The van der Waals surface area contributed by atoms with Gasteiger partial charge in [0.15, 0.2) is 0 Å². The number of carboxylic acid groups (broad SMARTS) is 4. The zero-order valence-electron chi connectivity index (χ0n) is 16.7. The number of nitrogens with one attached hydrogen (secondary N) is 1. The first-order chi connectivity index (χ1) is 14.6. The molecule has 170 valence electrons. The molecular weight excluding hydrogens is 412 g/mol. The molecule has 0 aliphatic carbocycles. The lowest BCUT2D eigenvalue weighted by Gasteiger charge is -2.35. The molecule has 0 spiro atoms. The fourth-order valence-electron chi connectivity index (χ4n) is 3.09. The van der Waals surface area contributed by atoms with E-state index in [9.17, 15) is 29.4 Å². The molecule has 0 aliphatic rings. The largest absolute Gasteiger partial charge is 0.481 e. The number of hydrogen-bond donors (Lipinski definition) is 6. The second kappa shape index (κ2) is 12.4. The maximum absolute atomic E-state index is 11.8. The molecule has 0 amide bonds. The van der Waals surface area contributed by atoms with Crippen LogP contribution >= 0.6 is 0 Å². The van der Waals surface area contributed by atoms with E-state index in [0.29, 0.717) is 5.56 Å². The van der Waals surface area contributed by atoms with E-state index in [-0.39, 0.29) is 13.1 Å². The zero-order chi connectivity index (χ0) is 23.6. The summed E-state index contributed by atoms with van der Waals surface area (Å²) in [6.07, 6.45) is 0.145. The summed E-state index contributed by atoms with van der Waals surface area (Å²) in [5.74, 6) is -5.52. The summed E-state index contributed by atoms with van der Waals surface area (Å²) in [5.41, 5.74) is 1.30. The number of carboxylic acids is 4. The Hall–Kier alpha value is -3.28. The molecule has 1 rings (SSSR count). The van der Waals surface area contributed by atoms with Crippen molar-refractivity contribution in [2.75, 3.05) is 19.7 Å². The van der Waals surface area contributed by atoms with Crippen molar-refractivity contribution in [3.05, 3.63) is 42.0 Å². The van der Waals surface area contributed by atoms with E-state index in [1.165, 1.54) is 4.90 Å². The number of hydrogen-bond acceptors (Lipinski definition) is 7. The smallest absolute Gasteiger partial charge is 0.321 e. The van der Waals surface area contributed by atoms with E-state index in [2.05, 4.69) is 11.9 Å². The van der Waals surface area contributed by atoms with Gasteiger partial charge < -0.3 is 30.8 Å². The average molecular weight is 438 g/mol. The van der Waals surface area contributed by atoms with Crippen molar-refractivity contribution in [1.29, 1.82) is 0 Å². The van der Waals surface area contributed by atoms with Crippen molar-refractivity contribution < 1.29 is 44.7 Å². The number of nitrogens with zero attached hydrogens (tertiary/aromatic N) is 1. The lowest BCUT2D eigenvalue weighted by Crippen LogP contribution is -2.50. The van der Waals surface area contributed by atoms with Gasteiger partial charge in [-0.25, -0.2) is 0 Å². The molecule has 0 bridgehead atoms. The van der Waals surface area contributed by atoms with E-state index in [1.807, 2.05) is 0 Å². The van der Waals surface area contributed by atoms with Crippen molar-refractivity contribution in [1.82, 2.24) is 10.2 Å². The maximum Gasteiger partial charge on any atom is 0.321 e. The molecule has 0 saturated heterocycles. The molecule has 11 nitrogen and oxygen atoms in total. The van der Waals surface area contributed by atoms with Crippen molar-refractivity contribution in [3.63, 3.8) is 0 Å². The zero-order valence-corrected chi connectivity index (χ0v) is 16.7. The summed E-state index contributed by atoms with van der Waals surface area (Å²) < 4.78 is 0. The third-order valence-electron chi connectivity index (χ3n) is 4.62. The first kappa shape index (κ1) is 25.8. The Labute approximate surface area is 178 Å². The lowest BCUT2D eigenvalue weighted by molar-refractivity contribution is -0.151. The van der Waals surface area contributed by atoms with Crippen LogP contribution < -0.4 is 5.32 Å². The van der Waals surface area contributed by atoms with Gasteiger partial charge in [-0.1, -0.05) is 36.9 Å². The van der Waals surface area contributed by atoms with Gasteiger partial charge in [-0.2, -0.15) is 0 Å². The van der Waals surface area contributed by atoms with Crippen LogP contribution in [0.15, 0.2) is 30.8 Å². The minimum absolute atomic E-state index is 0.158. The Kier molecular flexibility index (Phi) is 10.3. The van der Waals surface area contributed by atoms with Gasteiger partial charge in [0, 0.05) is 13.1 Å². The number of aliphatic hydroxyl groups excluding tert-OH is 1. The van der Waals surface area contributed by atoms with E-state index in [0.717, 1.165) is 5.56 Å².